The van der Waals surface area contributed by atoms with Crippen LogP contribution in [0.5, 0.6) is 0 Å². The number of amides is 1. The average molecular weight is 461 g/mol. The highest BCUT2D eigenvalue weighted by Crippen LogP contribution is 2.22. The van der Waals surface area contributed by atoms with Crippen LogP contribution < -0.4 is 10.7 Å². The third-order valence-electron chi connectivity index (χ3n) is 5.48. The van der Waals surface area contributed by atoms with E-state index >= 15 is 0 Å². The van der Waals surface area contributed by atoms with E-state index in [4.69, 9.17) is 0 Å². The monoisotopic (exact) mass is 460 g/mol. The Bertz CT molecular complexity index is 1510. The predicted octanol–water partition coefficient (Wildman–Crippen LogP) is 4.34. The number of aromatic nitrogens is 1. The lowest BCUT2D eigenvalue weighted by molar-refractivity contribution is -0.116. The molecule has 4 aromatic rings. The van der Waals surface area contributed by atoms with Crippen molar-refractivity contribution in [2.45, 2.75) is 36.6 Å². The Morgan fingerprint density at radius 3 is 2.42 bits per heavy atom. The summed E-state index contributed by atoms with van der Waals surface area (Å²) in [6.45, 7) is 3.74. The number of fused-ring (bicyclic) bond motifs is 1. The van der Waals surface area contributed by atoms with Crippen LogP contribution >= 0.6 is 0 Å². The summed E-state index contributed by atoms with van der Waals surface area (Å²) in [6, 6.07) is 20.6. The maximum atomic E-state index is 13.3. The minimum Gasteiger partial charge on any atom is -0.336 e. The van der Waals surface area contributed by atoms with Gasteiger partial charge in [-0.1, -0.05) is 43.3 Å². The van der Waals surface area contributed by atoms with Gasteiger partial charge in [0.2, 0.25) is 21.2 Å². The summed E-state index contributed by atoms with van der Waals surface area (Å²) in [7, 11) is -4.07. The first-order chi connectivity index (χ1) is 15.8. The first-order valence-corrected chi connectivity index (χ1v) is 12.1. The Hall–Kier alpha value is -3.71. The van der Waals surface area contributed by atoms with Gasteiger partial charge in [0.05, 0.1) is 10.4 Å². The molecule has 168 valence electrons. The highest BCUT2D eigenvalue weighted by molar-refractivity contribution is 7.91. The molecule has 0 bridgehead atoms. The smallest absolute Gasteiger partial charge is 0.244 e. The van der Waals surface area contributed by atoms with E-state index in [2.05, 4.69) is 5.32 Å². The van der Waals surface area contributed by atoms with Crippen LogP contribution in [0, 0.1) is 6.92 Å². The molecule has 0 saturated heterocycles. The first kappa shape index (κ1) is 22.5. The second kappa shape index (κ2) is 9.03. The lowest BCUT2D eigenvalue weighted by atomic mass is 10.1. The van der Waals surface area contributed by atoms with E-state index in [0.717, 1.165) is 11.1 Å². The second-order valence-electron chi connectivity index (χ2n) is 7.89. The molecule has 0 aliphatic rings. The number of aryl methyl sites for hydroxylation is 2. The van der Waals surface area contributed by atoms with Crippen molar-refractivity contribution in [1.29, 1.82) is 0 Å². The summed E-state index contributed by atoms with van der Waals surface area (Å²) in [5, 5.41) is 3.11. The Labute approximate surface area is 192 Å². The molecular weight excluding hydrogens is 436 g/mol. The van der Waals surface area contributed by atoms with Gasteiger partial charge in [-0.3, -0.25) is 9.59 Å². The maximum absolute atomic E-state index is 13.3. The molecule has 4 rings (SSSR count). The van der Waals surface area contributed by atoms with Crippen LogP contribution in [-0.2, 0) is 27.6 Å². The van der Waals surface area contributed by atoms with Gasteiger partial charge in [0.25, 0.3) is 0 Å². The lowest BCUT2D eigenvalue weighted by Crippen LogP contribution is -2.24. The van der Waals surface area contributed by atoms with Gasteiger partial charge < -0.3 is 9.88 Å². The predicted molar refractivity (Wildman–Crippen MR) is 129 cm³/mol. The summed E-state index contributed by atoms with van der Waals surface area (Å²) in [4.78, 5) is 25.8. The fourth-order valence-corrected chi connectivity index (χ4v) is 5.15. The molecule has 0 fully saturated rings. The number of carbonyl (C=O) groups excluding carboxylic acids is 1. The molecule has 0 saturated carbocycles. The molecule has 33 heavy (non-hydrogen) atoms. The summed E-state index contributed by atoms with van der Waals surface area (Å²) in [5.41, 5.74) is 2.49. The number of carbonyl (C=O) groups is 1. The number of hydrogen-bond acceptors (Lipinski definition) is 4. The van der Waals surface area contributed by atoms with Crippen LogP contribution in [0.15, 0.2) is 93.6 Å². The lowest BCUT2D eigenvalue weighted by Gasteiger charge is -2.15. The minimum absolute atomic E-state index is 0.0314. The molecule has 7 heteroatoms. The largest absolute Gasteiger partial charge is 0.336 e. The Kier molecular flexibility index (Phi) is 6.16. The molecule has 6 nitrogen and oxygen atoms in total. The van der Waals surface area contributed by atoms with Crippen molar-refractivity contribution in [3.8, 4) is 0 Å². The van der Waals surface area contributed by atoms with E-state index in [0.29, 0.717) is 17.6 Å². The van der Waals surface area contributed by atoms with Crippen LogP contribution in [0.2, 0.25) is 0 Å². The van der Waals surface area contributed by atoms with Crippen molar-refractivity contribution in [3.63, 3.8) is 0 Å². The summed E-state index contributed by atoms with van der Waals surface area (Å²) >= 11 is 0. The summed E-state index contributed by atoms with van der Waals surface area (Å²) in [6.07, 6.45) is 1.97. The third-order valence-corrected chi connectivity index (χ3v) is 7.24. The zero-order chi connectivity index (χ0) is 23.6. The molecule has 0 spiro atoms. The number of hydrogen-bond donors (Lipinski definition) is 1. The van der Waals surface area contributed by atoms with Gasteiger partial charge in [-0.25, -0.2) is 8.42 Å². The van der Waals surface area contributed by atoms with E-state index in [9.17, 15) is 18.0 Å². The van der Waals surface area contributed by atoms with Crippen LogP contribution in [-0.4, -0.2) is 18.9 Å². The molecule has 1 amide bonds. The second-order valence-corrected chi connectivity index (χ2v) is 9.81. The normalized spacial score (nSPS) is 11.5. The summed E-state index contributed by atoms with van der Waals surface area (Å²) in [5.74, 6) is -0.326. The quantitative estimate of drug-likeness (QED) is 0.464. The number of anilines is 1. The fraction of sp³-hybridized carbons (Fsp3) is 0.154. The van der Waals surface area contributed by atoms with Crippen LogP contribution in [0.3, 0.4) is 0 Å². The molecule has 0 atom stereocenters. The van der Waals surface area contributed by atoms with E-state index in [1.165, 1.54) is 22.9 Å². The number of benzene rings is 3. The van der Waals surface area contributed by atoms with E-state index in [1.54, 1.807) is 36.4 Å². The van der Waals surface area contributed by atoms with E-state index in [1.807, 2.05) is 38.1 Å². The Morgan fingerprint density at radius 2 is 1.73 bits per heavy atom. The van der Waals surface area contributed by atoms with Crippen LogP contribution in [0.1, 0.15) is 18.1 Å². The van der Waals surface area contributed by atoms with Crippen molar-refractivity contribution in [2.75, 3.05) is 5.32 Å². The molecule has 0 radical (unpaired) electrons. The number of rotatable bonds is 6. The van der Waals surface area contributed by atoms with Gasteiger partial charge in [0.15, 0.2) is 0 Å². The summed E-state index contributed by atoms with van der Waals surface area (Å²) < 4.78 is 28.1. The van der Waals surface area contributed by atoms with Crippen molar-refractivity contribution >= 4 is 32.3 Å². The van der Waals surface area contributed by atoms with E-state index < -0.39 is 15.3 Å². The van der Waals surface area contributed by atoms with Crippen molar-refractivity contribution in [2.24, 2.45) is 0 Å². The molecule has 0 aliphatic carbocycles. The Balaban J connectivity index is 1.84. The van der Waals surface area contributed by atoms with Crippen molar-refractivity contribution in [1.82, 2.24) is 4.57 Å². The van der Waals surface area contributed by atoms with Gasteiger partial charge in [0, 0.05) is 17.3 Å². The van der Waals surface area contributed by atoms with Gasteiger partial charge in [-0.15, -0.1) is 0 Å². The first-order valence-electron chi connectivity index (χ1n) is 10.6. The number of sulfone groups is 1. The van der Waals surface area contributed by atoms with Crippen LogP contribution in [0.4, 0.5) is 5.69 Å². The molecular formula is C26H24N2O4S. The highest BCUT2D eigenvalue weighted by Gasteiger charge is 2.24. The molecule has 1 N–H and O–H groups in total. The Morgan fingerprint density at radius 1 is 0.970 bits per heavy atom. The molecule has 1 aromatic heterocycles. The van der Waals surface area contributed by atoms with Gasteiger partial charge in [-0.05, 0) is 60.9 Å². The number of pyridine rings is 1. The molecule has 1 heterocycles. The maximum Gasteiger partial charge on any atom is 0.244 e. The SMILES string of the molecule is CCc1ccc2c(c1)c(=O)c(S(=O)(=O)c1ccccc1)cn2CC(=O)Nc1cccc(C)c1. The highest BCUT2D eigenvalue weighted by atomic mass is 32.2. The molecule has 0 unspecified atom stereocenters. The average Bonchev–Trinajstić information content (AvgIpc) is 2.81. The fourth-order valence-electron chi connectivity index (χ4n) is 3.76. The standard InChI is InChI=1S/C26H24N2O4S/c1-3-19-12-13-23-22(15-19)26(30)24(33(31,32)21-10-5-4-6-11-21)16-28(23)17-25(29)27-20-9-7-8-18(2)14-20/h4-16H,3,17H2,1-2H3,(H,27,29). The number of nitrogens with zero attached hydrogens (tertiary/aromatic N) is 1. The van der Waals surface area contributed by atoms with Crippen molar-refractivity contribution in [3.05, 3.63) is 100 Å². The van der Waals surface area contributed by atoms with Crippen molar-refractivity contribution < 1.29 is 13.2 Å². The third kappa shape index (κ3) is 4.59. The van der Waals surface area contributed by atoms with Gasteiger partial charge in [-0.2, -0.15) is 0 Å². The van der Waals surface area contributed by atoms with E-state index in [-0.39, 0.29) is 27.6 Å². The minimum atomic E-state index is -4.07. The number of nitrogens with one attached hydrogen (secondary N) is 1. The zero-order valence-electron chi connectivity index (χ0n) is 18.4. The molecule has 3 aromatic carbocycles. The molecule has 0 aliphatic heterocycles. The van der Waals surface area contributed by atoms with Gasteiger partial charge in [0.1, 0.15) is 11.4 Å². The zero-order valence-corrected chi connectivity index (χ0v) is 19.2. The topological polar surface area (TPSA) is 85.2 Å². The van der Waals surface area contributed by atoms with Crippen LogP contribution in [0.25, 0.3) is 10.9 Å². The van der Waals surface area contributed by atoms with Gasteiger partial charge >= 0.3 is 0 Å².